The number of hydrogen-bond donors (Lipinski definition) is 1. The van der Waals surface area contributed by atoms with Gasteiger partial charge in [-0.05, 0) is 55.8 Å². The number of carbonyl (C=O) groups excluding carboxylic acids is 1. The summed E-state index contributed by atoms with van der Waals surface area (Å²) in [5.74, 6) is 0.0938. The van der Waals surface area contributed by atoms with Gasteiger partial charge in [0.05, 0.1) is 31.6 Å². The smallest absolute Gasteiger partial charge is 0.433 e. The predicted octanol–water partition coefficient (Wildman–Crippen LogP) is 5.27. The first kappa shape index (κ1) is 28.8. The molecule has 0 bridgehead atoms. The lowest BCUT2D eigenvalue weighted by molar-refractivity contribution is -0.143. The Labute approximate surface area is 239 Å². The fraction of sp³-hybridized carbons (Fsp3) is 0.345. The molecule has 41 heavy (non-hydrogen) atoms. The second kappa shape index (κ2) is 11.3. The fourth-order valence-corrected chi connectivity index (χ4v) is 5.66. The van der Waals surface area contributed by atoms with Gasteiger partial charge in [0.1, 0.15) is 11.3 Å². The van der Waals surface area contributed by atoms with Gasteiger partial charge >= 0.3 is 6.18 Å². The Morgan fingerprint density at radius 1 is 1.20 bits per heavy atom. The third-order valence-electron chi connectivity index (χ3n) is 7.51. The molecule has 3 heterocycles. The molecule has 1 fully saturated rings. The van der Waals surface area contributed by atoms with Crippen LogP contribution in [0.4, 0.5) is 13.2 Å². The van der Waals surface area contributed by atoms with E-state index in [1.807, 2.05) is 19.1 Å². The third kappa shape index (κ3) is 5.49. The van der Waals surface area contributed by atoms with E-state index in [1.54, 1.807) is 41.3 Å². The SMILES string of the molecule is COc1ccc(-c2nc3c(C(=O)N4CCN([C@H](CO)c5cccc(Cl)c5)C[C@H]4C)cnn3c(C(F)(F)F)c2C)cc1. The number of carbonyl (C=O) groups is 1. The first-order chi connectivity index (χ1) is 19.5. The van der Waals surface area contributed by atoms with E-state index in [0.29, 0.717) is 40.5 Å². The second-order valence-electron chi connectivity index (χ2n) is 10.0. The minimum Gasteiger partial charge on any atom is -0.497 e. The molecule has 1 amide bonds. The van der Waals surface area contributed by atoms with Crippen molar-refractivity contribution in [2.75, 3.05) is 33.4 Å². The van der Waals surface area contributed by atoms with Crippen LogP contribution in [0, 0.1) is 6.92 Å². The number of aliphatic hydroxyl groups is 1. The largest absolute Gasteiger partial charge is 0.497 e. The molecule has 0 saturated carbocycles. The molecular weight excluding hydrogens is 559 g/mol. The zero-order valence-corrected chi connectivity index (χ0v) is 23.4. The fourth-order valence-electron chi connectivity index (χ4n) is 5.46. The summed E-state index contributed by atoms with van der Waals surface area (Å²) in [4.78, 5) is 22.0. The van der Waals surface area contributed by atoms with Gasteiger partial charge in [0.2, 0.25) is 0 Å². The monoisotopic (exact) mass is 587 g/mol. The summed E-state index contributed by atoms with van der Waals surface area (Å²) in [6.07, 6.45) is -3.59. The Hall–Kier alpha value is -3.67. The minimum absolute atomic E-state index is 0.0147. The summed E-state index contributed by atoms with van der Waals surface area (Å²) in [5, 5.41) is 14.7. The van der Waals surface area contributed by atoms with Gasteiger partial charge in [-0.2, -0.15) is 18.3 Å². The van der Waals surface area contributed by atoms with Gasteiger partial charge in [0.15, 0.2) is 11.3 Å². The Kier molecular flexibility index (Phi) is 7.95. The van der Waals surface area contributed by atoms with E-state index >= 15 is 0 Å². The van der Waals surface area contributed by atoms with Crippen LogP contribution in [-0.4, -0.2) is 74.8 Å². The second-order valence-corrected chi connectivity index (χ2v) is 10.5. The number of fused-ring (bicyclic) bond motifs is 1. The Bertz CT molecular complexity index is 1570. The van der Waals surface area contributed by atoms with Crippen molar-refractivity contribution < 1.29 is 27.8 Å². The molecule has 0 radical (unpaired) electrons. The van der Waals surface area contributed by atoms with Gasteiger partial charge in [-0.3, -0.25) is 9.69 Å². The summed E-state index contributed by atoms with van der Waals surface area (Å²) >= 11 is 6.15. The molecule has 2 aromatic carbocycles. The summed E-state index contributed by atoms with van der Waals surface area (Å²) in [6.45, 7) is 4.27. The average Bonchev–Trinajstić information content (AvgIpc) is 3.35. The molecule has 1 saturated heterocycles. The van der Waals surface area contributed by atoms with Gasteiger partial charge < -0.3 is 14.7 Å². The van der Waals surface area contributed by atoms with Gasteiger partial charge in [-0.1, -0.05) is 23.7 Å². The van der Waals surface area contributed by atoms with E-state index in [2.05, 4.69) is 15.0 Å². The van der Waals surface area contributed by atoms with Crippen molar-refractivity contribution in [3.8, 4) is 17.0 Å². The maximum atomic E-state index is 14.3. The van der Waals surface area contributed by atoms with Gasteiger partial charge in [0.25, 0.3) is 5.91 Å². The molecule has 0 aliphatic carbocycles. The minimum atomic E-state index is -4.74. The molecule has 1 aliphatic heterocycles. The number of amides is 1. The number of benzene rings is 2. The standard InChI is InChI=1S/C29H29ClF3N5O3/c1-17-15-36(24(16-39)20-5-4-6-21(30)13-20)11-12-37(17)28(40)23-14-34-38-26(29(31,32)33)18(2)25(35-27(23)38)19-7-9-22(41-3)10-8-19/h4-10,13-14,17,24,39H,11-12,15-16H2,1-3H3/t17-,24-/m1/s1. The normalized spacial score (nSPS) is 17.2. The molecule has 1 N–H and O–H groups in total. The van der Waals surface area contributed by atoms with Crippen molar-refractivity contribution in [3.63, 3.8) is 0 Å². The summed E-state index contributed by atoms with van der Waals surface area (Å²) in [6, 6.07) is 13.2. The van der Waals surface area contributed by atoms with Crippen LogP contribution in [0.1, 0.15) is 40.1 Å². The number of aliphatic hydroxyl groups excluding tert-OH is 1. The van der Waals surface area contributed by atoms with Gasteiger partial charge in [0, 0.05) is 41.8 Å². The van der Waals surface area contributed by atoms with Crippen LogP contribution < -0.4 is 4.74 Å². The number of ether oxygens (including phenoxy) is 1. The molecule has 4 aromatic rings. The molecule has 0 spiro atoms. The van der Waals surface area contributed by atoms with E-state index in [4.69, 9.17) is 16.3 Å². The highest BCUT2D eigenvalue weighted by Crippen LogP contribution is 2.37. The van der Waals surface area contributed by atoms with Crippen molar-refractivity contribution >= 4 is 23.2 Å². The van der Waals surface area contributed by atoms with Gasteiger partial charge in [-0.15, -0.1) is 0 Å². The van der Waals surface area contributed by atoms with E-state index in [9.17, 15) is 23.1 Å². The maximum Gasteiger partial charge on any atom is 0.433 e. The first-order valence-electron chi connectivity index (χ1n) is 13.0. The number of alkyl halides is 3. The van der Waals surface area contributed by atoms with Crippen molar-refractivity contribution in [3.05, 3.63) is 82.1 Å². The number of methoxy groups -OCH3 is 1. The molecule has 12 heteroatoms. The molecule has 1 aliphatic rings. The Morgan fingerprint density at radius 3 is 2.54 bits per heavy atom. The number of rotatable bonds is 6. The van der Waals surface area contributed by atoms with Crippen LogP contribution in [0.15, 0.2) is 54.7 Å². The molecular formula is C29H29ClF3N5O3. The van der Waals surface area contributed by atoms with E-state index in [1.165, 1.54) is 14.0 Å². The zero-order chi connectivity index (χ0) is 29.5. The van der Waals surface area contributed by atoms with Gasteiger partial charge in [-0.25, -0.2) is 9.50 Å². The molecule has 8 nitrogen and oxygen atoms in total. The van der Waals surface area contributed by atoms with Crippen LogP contribution in [0.2, 0.25) is 5.02 Å². The Balaban J connectivity index is 1.49. The quantitative estimate of drug-likeness (QED) is 0.331. The summed E-state index contributed by atoms with van der Waals surface area (Å²) in [5.41, 5.74) is 0.147. The van der Waals surface area contributed by atoms with Crippen molar-refractivity contribution in [2.24, 2.45) is 0 Å². The molecule has 5 rings (SSSR count). The van der Waals surface area contributed by atoms with Crippen molar-refractivity contribution in [1.29, 1.82) is 0 Å². The highest BCUT2D eigenvalue weighted by atomic mass is 35.5. The van der Waals surface area contributed by atoms with Crippen LogP contribution in [0.25, 0.3) is 16.9 Å². The molecule has 2 atom stereocenters. The van der Waals surface area contributed by atoms with Crippen LogP contribution in [-0.2, 0) is 6.18 Å². The average molecular weight is 588 g/mol. The highest BCUT2D eigenvalue weighted by Gasteiger charge is 2.39. The number of nitrogens with zero attached hydrogens (tertiary/aromatic N) is 5. The number of hydrogen-bond acceptors (Lipinski definition) is 6. The highest BCUT2D eigenvalue weighted by molar-refractivity contribution is 6.30. The van der Waals surface area contributed by atoms with E-state index in [0.717, 1.165) is 11.8 Å². The zero-order valence-electron chi connectivity index (χ0n) is 22.7. The lowest BCUT2D eigenvalue weighted by atomic mass is 10.0. The summed E-state index contributed by atoms with van der Waals surface area (Å²) in [7, 11) is 1.50. The van der Waals surface area contributed by atoms with E-state index in [-0.39, 0.29) is 41.2 Å². The molecule has 0 unspecified atom stereocenters. The molecule has 216 valence electrons. The topological polar surface area (TPSA) is 83.2 Å². The van der Waals surface area contributed by atoms with E-state index < -0.39 is 17.8 Å². The predicted molar refractivity (Wildman–Crippen MR) is 148 cm³/mol. The number of piperazine rings is 1. The lowest BCUT2D eigenvalue weighted by Gasteiger charge is -2.43. The van der Waals surface area contributed by atoms with Crippen LogP contribution >= 0.6 is 11.6 Å². The summed E-state index contributed by atoms with van der Waals surface area (Å²) < 4.78 is 48.8. The Morgan fingerprint density at radius 2 is 1.93 bits per heavy atom. The lowest BCUT2D eigenvalue weighted by Crippen LogP contribution is -2.55. The van der Waals surface area contributed by atoms with Crippen molar-refractivity contribution in [1.82, 2.24) is 24.4 Å². The van der Waals surface area contributed by atoms with Crippen LogP contribution in [0.3, 0.4) is 0 Å². The van der Waals surface area contributed by atoms with Crippen LogP contribution in [0.5, 0.6) is 5.75 Å². The third-order valence-corrected chi connectivity index (χ3v) is 7.75. The molecule has 2 aromatic heterocycles. The maximum absolute atomic E-state index is 14.3. The first-order valence-corrected chi connectivity index (χ1v) is 13.4. The van der Waals surface area contributed by atoms with Crippen molar-refractivity contribution in [2.45, 2.75) is 32.1 Å². The number of halogens is 4. The number of aromatic nitrogens is 3.